The number of nitrogens with two attached hydrogens (primary N) is 1. The van der Waals surface area contributed by atoms with Crippen molar-refractivity contribution in [1.29, 1.82) is 0 Å². The van der Waals surface area contributed by atoms with Crippen LogP contribution in [0.2, 0.25) is 0 Å². The highest BCUT2D eigenvalue weighted by atomic mass is 16.5. The fourth-order valence-electron chi connectivity index (χ4n) is 2.59. The van der Waals surface area contributed by atoms with Crippen LogP contribution in [0, 0.1) is 17.8 Å². The quantitative estimate of drug-likeness (QED) is 0.380. The van der Waals surface area contributed by atoms with E-state index < -0.39 is 0 Å². The number of ether oxygens (including phenoxy) is 1. The van der Waals surface area contributed by atoms with Crippen LogP contribution >= 0.6 is 0 Å². The third-order valence-corrected chi connectivity index (χ3v) is 4.96. The van der Waals surface area contributed by atoms with Crippen molar-refractivity contribution in [1.82, 2.24) is 0 Å². The second-order valence-electron chi connectivity index (χ2n) is 8.34. The Morgan fingerprint density at radius 1 is 1.07 bits per heavy atom. The fourth-order valence-corrected chi connectivity index (χ4v) is 2.59. The normalized spacial score (nSPS) is 12.3. The number of Topliss-reactive ketones (excluding diaryl/α,β-unsaturated/α-hetero) is 1. The van der Waals surface area contributed by atoms with Crippen molar-refractivity contribution in [2.75, 3.05) is 6.61 Å². The van der Waals surface area contributed by atoms with E-state index in [2.05, 4.69) is 46.4 Å². The summed E-state index contributed by atoms with van der Waals surface area (Å²) in [6, 6.07) is 8.07. The van der Waals surface area contributed by atoms with E-state index in [1.165, 1.54) is 18.2 Å². The molecule has 2 N–H and O–H groups in total. The van der Waals surface area contributed by atoms with Gasteiger partial charge in [-0.15, -0.1) is 0 Å². The Morgan fingerprint density at radius 3 is 2.13 bits per heavy atom. The smallest absolute Gasteiger partial charge is 0.138 e. The number of hydrogen-bond acceptors (Lipinski definition) is 3. The average Bonchev–Trinajstić information content (AvgIpc) is 2.73. The summed E-state index contributed by atoms with van der Waals surface area (Å²) in [5.74, 6) is 2.35. The van der Waals surface area contributed by atoms with Gasteiger partial charge in [-0.05, 0) is 60.7 Å². The lowest BCUT2D eigenvalue weighted by molar-refractivity contribution is -0.126. The monoisotopic (exact) mass is 413 g/mol. The predicted octanol–water partition coefficient (Wildman–Crippen LogP) is 6.89. The van der Waals surface area contributed by atoms with Gasteiger partial charge in [-0.1, -0.05) is 78.8 Å². The molecule has 0 saturated carbocycles. The van der Waals surface area contributed by atoms with Crippen LogP contribution in [-0.4, -0.2) is 12.4 Å². The SMILES string of the molecule is C=C(/C=C\C=C/N)COc1ccc(CCC(CC)C(=O)C(C)C)cc1.CCC(C)C. The van der Waals surface area contributed by atoms with Gasteiger partial charge in [-0.3, -0.25) is 4.79 Å². The van der Waals surface area contributed by atoms with Gasteiger partial charge in [-0.2, -0.15) is 0 Å². The van der Waals surface area contributed by atoms with Crippen molar-refractivity contribution in [3.05, 3.63) is 66.4 Å². The van der Waals surface area contributed by atoms with E-state index in [9.17, 15) is 4.79 Å². The minimum atomic E-state index is 0.114. The van der Waals surface area contributed by atoms with Crippen molar-refractivity contribution in [2.45, 2.75) is 67.2 Å². The summed E-state index contributed by atoms with van der Waals surface area (Å²) in [5.41, 5.74) is 7.37. The van der Waals surface area contributed by atoms with Crippen LogP contribution in [0.15, 0.2) is 60.8 Å². The van der Waals surface area contributed by atoms with Gasteiger partial charge in [0, 0.05) is 11.8 Å². The van der Waals surface area contributed by atoms with Crippen LogP contribution in [0.4, 0.5) is 0 Å². The summed E-state index contributed by atoms with van der Waals surface area (Å²) in [6.07, 6.45) is 11.0. The van der Waals surface area contributed by atoms with E-state index in [0.29, 0.717) is 12.4 Å². The Kier molecular flexibility index (Phi) is 15.2. The molecule has 1 unspecified atom stereocenters. The molecule has 1 aromatic rings. The van der Waals surface area contributed by atoms with Crippen LogP contribution in [-0.2, 0) is 11.2 Å². The highest BCUT2D eigenvalue weighted by Crippen LogP contribution is 2.20. The molecule has 1 atom stereocenters. The number of carbonyl (C=O) groups excluding carboxylic acids is 1. The van der Waals surface area contributed by atoms with Gasteiger partial charge in [0.1, 0.15) is 18.1 Å². The molecule has 3 nitrogen and oxygen atoms in total. The lowest BCUT2D eigenvalue weighted by atomic mass is 9.88. The first-order chi connectivity index (χ1) is 14.2. The van der Waals surface area contributed by atoms with Gasteiger partial charge < -0.3 is 10.5 Å². The molecular formula is C27H43NO2. The standard InChI is InChI=1S/C22H31NO2.C5H12/c1-5-20(22(24)17(2)3)12-9-19-10-13-21(14-11-19)25-16-18(4)8-6-7-15-23;1-4-5(2)3/h6-8,10-11,13-15,17,20H,4-5,9,12,16,23H2,1-3H3;5H,4H2,1-3H3/b8-6-,15-7-;. The number of benzene rings is 1. The lowest BCUT2D eigenvalue weighted by Gasteiger charge is -2.16. The van der Waals surface area contributed by atoms with Crippen LogP contribution in [0.5, 0.6) is 5.75 Å². The molecule has 168 valence electrons. The van der Waals surface area contributed by atoms with Crippen molar-refractivity contribution < 1.29 is 9.53 Å². The summed E-state index contributed by atoms with van der Waals surface area (Å²) in [4.78, 5) is 12.1. The topological polar surface area (TPSA) is 52.3 Å². The Morgan fingerprint density at radius 2 is 1.67 bits per heavy atom. The minimum Gasteiger partial charge on any atom is -0.489 e. The highest BCUT2D eigenvalue weighted by Gasteiger charge is 2.18. The molecule has 0 fully saturated rings. The largest absolute Gasteiger partial charge is 0.489 e. The molecule has 0 spiro atoms. The second-order valence-corrected chi connectivity index (χ2v) is 8.34. The van der Waals surface area contributed by atoms with Gasteiger partial charge in [0.2, 0.25) is 0 Å². The number of carbonyl (C=O) groups is 1. The van der Waals surface area contributed by atoms with Crippen molar-refractivity contribution >= 4 is 5.78 Å². The second kappa shape index (κ2) is 16.5. The maximum absolute atomic E-state index is 12.1. The number of rotatable bonds is 12. The highest BCUT2D eigenvalue weighted by molar-refractivity contribution is 5.82. The number of allylic oxidation sites excluding steroid dienone is 2. The van der Waals surface area contributed by atoms with Gasteiger partial charge in [0.25, 0.3) is 0 Å². The van der Waals surface area contributed by atoms with Crippen LogP contribution in [0.3, 0.4) is 0 Å². The van der Waals surface area contributed by atoms with Gasteiger partial charge in [-0.25, -0.2) is 0 Å². The number of ketones is 1. The molecule has 3 heteroatoms. The van der Waals surface area contributed by atoms with Gasteiger partial charge in [0.15, 0.2) is 0 Å². The predicted molar refractivity (Wildman–Crippen MR) is 131 cm³/mol. The molecule has 1 rings (SSSR count). The molecule has 1 aromatic carbocycles. The first-order valence-electron chi connectivity index (χ1n) is 11.2. The Hall–Kier alpha value is -2.29. The lowest BCUT2D eigenvalue weighted by Crippen LogP contribution is -2.19. The molecule has 0 radical (unpaired) electrons. The first-order valence-corrected chi connectivity index (χ1v) is 11.2. The molecule has 0 aliphatic carbocycles. The van der Waals surface area contributed by atoms with E-state index in [0.717, 1.165) is 36.5 Å². The first kappa shape index (κ1) is 27.7. The van der Waals surface area contributed by atoms with Crippen molar-refractivity contribution in [2.24, 2.45) is 23.5 Å². The van der Waals surface area contributed by atoms with E-state index in [1.54, 1.807) is 6.08 Å². The minimum absolute atomic E-state index is 0.114. The Bertz CT molecular complexity index is 654. The summed E-state index contributed by atoms with van der Waals surface area (Å²) in [7, 11) is 0. The summed E-state index contributed by atoms with van der Waals surface area (Å²) in [6.45, 7) is 17.1. The molecule has 0 aliphatic heterocycles. The third-order valence-electron chi connectivity index (χ3n) is 4.96. The third kappa shape index (κ3) is 13.0. The molecule has 0 bridgehead atoms. The summed E-state index contributed by atoms with van der Waals surface area (Å²) < 4.78 is 5.71. The van der Waals surface area contributed by atoms with Crippen LogP contribution < -0.4 is 10.5 Å². The molecule has 0 amide bonds. The molecule has 0 aliphatic rings. The van der Waals surface area contributed by atoms with Gasteiger partial charge in [0.05, 0.1) is 0 Å². The molecular weight excluding hydrogens is 370 g/mol. The van der Waals surface area contributed by atoms with Gasteiger partial charge >= 0.3 is 0 Å². The zero-order valence-electron chi connectivity index (χ0n) is 20.0. The van der Waals surface area contributed by atoms with E-state index >= 15 is 0 Å². The number of hydrogen-bond donors (Lipinski definition) is 1. The maximum Gasteiger partial charge on any atom is 0.138 e. The molecule has 30 heavy (non-hydrogen) atoms. The Balaban J connectivity index is 0.00000150. The zero-order valence-corrected chi connectivity index (χ0v) is 20.0. The van der Waals surface area contributed by atoms with Crippen molar-refractivity contribution in [3.8, 4) is 5.75 Å². The summed E-state index contributed by atoms with van der Waals surface area (Å²) >= 11 is 0. The fraction of sp³-hybridized carbons (Fsp3) is 0.519. The summed E-state index contributed by atoms with van der Waals surface area (Å²) in [5, 5.41) is 0. The van der Waals surface area contributed by atoms with E-state index in [4.69, 9.17) is 10.5 Å². The number of aryl methyl sites for hydroxylation is 1. The van der Waals surface area contributed by atoms with E-state index in [1.807, 2.05) is 38.1 Å². The van der Waals surface area contributed by atoms with E-state index in [-0.39, 0.29) is 11.8 Å². The van der Waals surface area contributed by atoms with Crippen LogP contribution in [0.25, 0.3) is 0 Å². The molecule has 0 saturated heterocycles. The maximum atomic E-state index is 12.1. The average molecular weight is 414 g/mol. The molecule has 0 aromatic heterocycles. The molecule has 0 heterocycles. The zero-order chi connectivity index (χ0) is 22.9. The van der Waals surface area contributed by atoms with Crippen LogP contribution in [0.1, 0.15) is 66.4 Å². The Labute approximate surface area is 185 Å². The van der Waals surface area contributed by atoms with Crippen molar-refractivity contribution in [3.63, 3.8) is 0 Å².